The lowest BCUT2D eigenvalue weighted by molar-refractivity contribution is -0.112. The number of carbonyl (C=O) groups is 2. The zero-order valence-corrected chi connectivity index (χ0v) is 13.4. The number of aromatic hydroxyl groups is 1. The van der Waals surface area contributed by atoms with Crippen LogP contribution in [0, 0.1) is 3.57 Å². The average Bonchev–Trinajstić information content (AvgIpc) is 2.82. The van der Waals surface area contributed by atoms with E-state index in [4.69, 9.17) is 0 Å². The zero-order chi connectivity index (χ0) is 15.7. The van der Waals surface area contributed by atoms with E-state index in [9.17, 15) is 14.7 Å². The first kappa shape index (κ1) is 14.6. The van der Waals surface area contributed by atoms with E-state index in [1.807, 2.05) is 6.07 Å². The van der Waals surface area contributed by atoms with Gasteiger partial charge in [0.05, 0.1) is 5.56 Å². The summed E-state index contributed by atoms with van der Waals surface area (Å²) in [6.07, 6.45) is 0. The summed E-state index contributed by atoms with van der Waals surface area (Å²) in [6.45, 7) is 0. The van der Waals surface area contributed by atoms with Gasteiger partial charge in [-0.2, -0.15) is 0 Å². The van der Waals surface area contributed by atoms with Crippen LogP contribution < -0.4 is 5.32 Å². The van der Waals surface area contributed by atoms with Crippen molar-refractivity contribution in [2.75, 3.05) is 5.32 Å². The first-order chi connectivity index (χ1) is 10.6. The maximum Gasteiger partial charge on any atom is 0.297 e. The minimum absolute atomic E-state index is 0.0151. The number of aromatic nitrogens is 1. The van der Waals surface area contributed by atoms with Gasteiger partial charge in [0.15, 0.2) is 0 Å². The van der Waals surface area contributed by atoms with Crippen molar-refractivity contribution in [1.82, 2.24) is 4.98 Å². The van der Waals surface area contributed by atoms with E-state index in [1.54, 1.807) is 42.5 Å². The molecule has 0 spiro atoms. The van der Waals surface area contributed by atoms with Crippen LogP contribution in [0.2, 0.25) is 0 Å². The molecule has 0 unspecified atom stereocenters. The molecule has 0 bridgehead atoms. The number of hydrogen-bond acceptors (Lipinski definition) is 3. The van der Waals surface area contributed by atoms with E-state index >= 15 is 0 Å². The predicted molar refractivity (Wildman–Crippen MR) is 92.1 cm³/mol. The van der Waals surface area contributed by atoms with E-state index in [0.717, 1.165) is 3.57 Å². The molecule has 0 aliphatic carbocycles. The van der Waals surface area contributed by atoms with Gasteiger partial charge in [-0.25, -0.2) is 0 Å². The molecule has 0 atom stereocenters. The molecule has 1 heterocycles. The van der Waals surface area contributed by atoms with E-state index in [2.05, 4.69) is 32.9 Å². The van der Waals surface area contributed by atoms with Crippen LogP contribution in [0.1, 0.15) is 10.4 Å². The van der Waals surface area contributed by atoms with Crippen LogP contribution in [0.4, 0.5) is 5.69 Å². The maximum atomic E-state index is 12.3. The molecule has 2 aromatic carbocycles. The molecule has 0 fully saturated rings. The summed E-state index contributed by atoms with van der Waals surface area (Å²) < 4.78 is 0.942. The topological polar surface area (TPSA) is 82.2 Å². The molecule has 1 aromatic heterocycles. The molecule has 0 saturated heterocycles. The Morgan fingerprint density at radius 3 is 2.64 bits per heavy atom. The van der Waals surface area contributed by atoms with Crippen molar-refractivity contribution in [2.24, 2.45) is 0 Å². The number of anilines is 1. The minimum atomic E-state index is -0.790. The highest BCUT2D eigenvalue weighted by Crippen LogP contribution is 2.27. The molecule has 0 saturated carbocycles. The van der Waals surface area contributed by atoms with Gasteiger partial charge in [-0.05, 0) is 46.9 Å². The number of ketones is 1. The first-order valence-electron chi connectivity index (χ1n) is 6.47. The van der Waals surface area contributed by atoms with E-state index in [1.165, 1.54) is 0 Å². The van der Waals surface area contributed by atoms with Crippen LogP contribution in [-0.4, -0.2) is 21.8 Å². The Morgan fingerprint density at radius 2 is 1.86 bits per heavy atom. The summed E-state index contributed by atoms with van der Waals surface area (Å²) >= 11 is 2.12. The van der Waals surface area contributed by atoms with Crippen molar-refractivity contribution in [3.63, 3.8) is 0 Å². The number of rotatable bonds is 3. The predicted octanol–water partition coefficient (Wildman–Crippen LogP) is 3.30. The third kappa shape index (κ3) is 2.69. The second-order valence-electron chi connectivity index (χ2n) is 4.69. The number of benzene rings is 2. The second kappa shape index (κ2) is 5.80. The lowest BCUT2D eigenvalue weighted by Gasteiger charge is -2.04. The molecule has 5 nitrogen and oxygen atoms in total. The van der Waals surface area contributed by atoms with Crippen molar-refractivity contribution in [1.29, 1.82) is 0 Å². The van der Waals surface area contributed by atoms with Crippen LogP contribution in [0.15, 0.2) is 48.5 Å². The molecule has 0 radical (unpaired) electrons. The van der Waals surface area contributed by atoms with Gasteiger partial charge in [-0.15, -0.1) is 0 Å². The highest BCUT2D eigenvalue weighted by atomic mass is 127. The molecule has 0 aliphatic heterocycles. The summed E-state index contributed by atoms with van der Waals surface area (Å²) in [7, 11) is 0. The van der Waals surface area contributed by atoms with Crippen molar-refractivity contribution < 1.29 is 14.7 Å². The second-order valence-corrected chi connectivity index (χ2v) is 5.93. The Balaban J connectivity index is 1.92. The normalized spacial score (nSPS) is 10.6. The Labute approximate surface area is 139 Å². The lowest BCUT2D eigenvalue weighted by atomic mass is 10.1. The van der Waals surface area contributed by atoms with Gasteiger partial charge in [0.25, 0.3) is 11.7 Å². The molecule has 3 N–H and O–H groups in total. The summed E-state index contributed by atoms with van der Waals surface area (Å²) in [5, 5.41) is 13.0. The van der Waals surface area contributed by atoms with Crippen molar-refractivity contribution in [3.05, 3.63) is 57.7 Å². The number of Topliss-reactive ketones (excluding diaryl/α,β-unsaturated/α-hetero) is 1. The van der Waals surface area contributed by atoms with E-state index in [0.29, 0.717) is 16.6 Å². The molecular formula is C16H11IN2O3. The molecule has 1 amide bonds. The number of para-hydroxylation sites is 1. The summed E-state index contributed by atoms with van der Waals surface area (Å²) in [6, 6.07) is 14.0. The fourth-order valence-corrected chi connectivity index (χ4v) is 2.77. The van der Waals surface area contributed by atoms with Crippen molar-refractivity contribution in [2.45, 2.75) is 0 Å². The number of carbonyl (C=O) groups excluding carboxylic acids is 2. The largest absolute Gasteiger partial charge is 0.494 e. The highest BCUT2D eigenvalue weighted by Gasteiger charge is 2.24. The van der Waals surface area contributed by atoms with Crippen LogP contribution in [0.3, 0.4) is 0 Å². The zero-order valence-electron chi connectivity index (χ0n) is 11.3. The van der Waals surface area contributed by atoms with E-state index in [-0.39, 0.29) is 11.4 Å². The van der Waals surface area contributed by atoms with Crippen molar-refractivity contribution in [3.8, 4) is 5.88 Å². The van der Waals surface area contributed by atoms with Crippen LogP contribution in [-0.2, 0) is 4.79 Å². The highest BCUT2D eigenvalue weighted by molar-refractivity contribution is 14.1. The molecule has 3 aromatic rings. The van der Waals surface area contributed by atoms with Gasteiger partial charge in [0.2, 0.25) is 5.88 Å². The number of H-pyrrole nitrogens is 1. The monoisotopic (exact) mass is 406 g/mol. The number of aromatic amines is 1. The number of fused-ring (bicyclic) bond motifs is 1. The van der Waals surface area contributed by atoms with Crippen LogP contribution in [0.25, 0.3) is 10.9 Å². The summed E-state index contributed by atoms with van der Waals surface area (Å²) in [4.78, 5) is 27.2. The molecule has 0 aliphatic rings. The summed E-state index contributed by atoms with van der Waals surface area (Å²) in [5.41, 5.74) is 1.12. The molecule has 3 rings (SSSR count). The fraction of sp³-hybridized carbons (Fsp3) is 0. The Morgan fingerprint density at radius 1 is 1.09 bits per heavy atom. The Hall–Kier alpha value is -2.35. The van der Waals surface area contributed by atoms with Gasteiger partial charge in [0.1, 0.15) is 0 Å². The van der Waals surface area contributed by atoms with Gasteiger partial charge in [-0.3, -0.25) is 9.59 Å². The quantitative estimate of drug-likeness (QED) is 0.355. The Kier molecular flexibility index (Phi) is 3.84. The SMILES string of the molecule is O=C(Nc1cccc(I)c1)C(=O)c1c(O)[nH]c2ccccc12. The summed E-state index contributed by atoms with van der Waals surface area (Å²) in [5.74, 6) is -1.88. The van der Waals surface area contributed by atoms with Crippen LogP contribution in [0.5, 0.6) is 5.88 Å². The van der Waals surface area contributed by atoms with Gasteiger partial charge in [-0.1, -0.05) is 24.3 Å². The maximum absolute atomic E-state index is 12.3. The number of nitrogens with one attached hydrogen (secondary N) is 2. The number of hydrogen-bond donors (Lipinski definition) is 3. The molecule has 22 heavy (non-hydrogen) atoms. The van der Waals surface area contributed by atoms with Crippen LogP contribution >= 0.6 is 22.6 Å². The fourth-order valence-electron chi connectivity index (χ4n) is 2.23. The van der Waals surface area contributed by atoms with Gasteiger partial charge >= 0.3 is 0 Å². The van der Waals surface area contributed by atoms with Gasteiger partial charge < -0.3 is 15.4 Å². The molecule has 110 valence electrons. The third-order valence-electron chi connectivity index (χ3n) is 3.20. The molecular weight excluding hydrogens is 395 g/mol. The minimum Gasteiger partial charge on any atom is -0.494 e. The Bertz CT molecular complexity index is 886. The molecule has 6 heteroatoms. The van der Waals surface area contributed by atoms with Gasteiger partial charge in [0, 0.05) is 20.2 Å². The number of halogens is 1. The smallest absolute Gasteiger partial charge is 0.297 e. The van der Waals surface area contributed by atoms with E-state index < -0.39 is 11.7 Å². The first-order valence-corrected chi connectivity index (χ1v) is 7.55. The standard InChI is InChI=1S/C16H11IN2O3/c17-9-4-3-5-10(8-9)18-16(22)14(20)13-11-6-1-2-7-12(11)19-15(13)21/h1-8,19,21H,(H,18,22). The lowest BCUT2D eigenvalue weighted by Crippen LogP contribution is -2.22. The average molecular weight is 406 g/mol. The third-order valence-corrected chi connectivity index (χ3v) is 3.87. The van der Waals surface area contributed by atoms with Crippen molar-refractivity contribution >= 4 is 50.9 Å². The number of amides is 1.